The van der Waals surface area contributed by atoms with E-state index in [1.54, 1.807) is 12.1 Å². The van der Waals surface area contributed by atoms with Crippen LogP contribution in [0.3, 0.4) is 0 Å². The van der Waals surface area contributed by atoms with Crippen molar-refractivity contribution in [1.29, 1.82) is 0 Å². The van der Waals surface area contributed by atoms with Crippen LogP contribution in [0, 0.1) is 5.82 Å². The zero-order chi connectivity index (χ0) is 11.3. The van der Waals surface area contributed by atoms with Crippen molar-refractivity contribution in [3.05, 3.63) is 34.1 Å². The number of benzene rings is 1. The quantitative estimate of drug-likeness (QED) is 0.799. The van der Waals surface area contributed by atoms with Gasteiger partial charge in [-0.25, -0.2) is 4.39 Å². The molecule has 0 saturated heterocycles. The summed E-state index contributed by atoms with van der Waals surface area (Å²) in [5, 5.41) is 3.36. The maximum absolute atomic E-state index is 13.3. The van der Waals surface area contributed by atoms with Crippen molar-refractivity contribution < 1.29 is 4.39 Å². The molecule has 1 unspecified atom stereocenters. The molecule has 1 N–H and O–H groups in total. The van der Waals surface area contributed by atoms with Crippen LogP contribution in [-0.4, -0.2) is 6.54 Å². The minimum atomic E-state index is -0.198. The van der Waals surface area contributed by atoms with Gasteiger partial charge in [0, 0.05) is 6.04 Å². The van der Waals surface area contributed by atoms with E-state index in [1.807, 2.05) is 6.07 Å². The van der Waals surface area contributed by atoms with Gasteiger partial charge in [0.25, 0.3) is 0 Å². The van der Waals surface area contributed by atoms with Gasteiger partial charge in [0.1, 0.15) is 5.82 Å². The summed E-state index contributed by atoms with van der Waals surface area (Å²) in [6, 6.07) is 5.48. The molecule has 1 atom stereocenters. The van der Waals surface area contributed by atoms with E-state index in [1.165, 1.54) is 6.42 Å². The Bertz CT molecular complexity index is 314. The Hall–Kier alpha value is -0.410. The van der Waals surface area contributed by atoms with E-state index in [-0.39, 0.29) is 11.9 Å². The minimum Gasteiger partial charge on any atom is -0.310 e. The molecule has 0 aromatic heterocycles. The van der Waals surface area contributed by atoms with Gasteiger partial charge < -0.3 is 5.32 Å². The molecular formula is C12H17BrFN. The van der Waals surface area contributed by atoms with E-state index in [2.05, 4.69) is 35.1 Å². The number of hydrogen-bond donors (Lipinski definition) is 1. The number of hydrogen-bond acceptors (Lipinski definition) is 1. The van der Waals surface area contributed by atoms with Crippen molar-refractivity contribution in [2.24, 2.45) is 0 Å². The number of nitrogens with one attached hydrogen (secondary N) is 1. The molecule has 0 spiro atoms. The van der Waals surface area contributed by atoms with Gasteiger partial charge in [-0.1, -0.05) is 19.4 Å². The van der Waals surface area contributed by atoms with Crippen LogP contribution in [0.2, 0.25) is 0 Å². The third-order valence-corrected chi connectivity index (χ3v) is 3.07. The van der Waals surface area contributed by atoms with Crippen LogP contribution >= 0.6 is 15.9 Å². The standard InChI is InChI=1S/C12H17BrFN/c1-3-4-7-15-9(2)10-5-6-11(13)12(14)8-10/h5-6,8-9,15H,3-4,7H2,1-2H3. The zero-order valence-electron chi connectivity index (χ0n) is 9.19. The molecule has 15 heavy (non-hydrogen) atoms. The van der Waals surface area contributed by atoms with Crippen LogP contribution in [0.15, 0.2) is 22.7 Å². The van der Waals surface area contributed by atoms with Crippen LogP contribution in [0.4, 0.5) is 4.39 Å². The highest BCUT2D eigenvalue weighted by atomic mass is 79.9. The molecule has 0 heterocycles. The summed E-state index contributed by atoms with van der Waals surface area (Å²) in [5.74, 6) is -0.198. The van der Waals surface area contributed by atoms with Gasteiger partial charge in [-0.15, -0.1) is 0 Å². The van der Waals surface area contributed by atoms with Crippen molar-refractivity contribution in [3.63, 3.8) is 0 Å². The summed E-state index contributed by atoms with van der Waals surface area (Å²) in [7, 11) is 0. The maximum atomic E-state index is 13.3. The molecule has 0 aliphatic rings. The van der Waals surface area contributed by atoms with E-state index < -0.39 is 0 Å². The lowest BCUT2D eigenvalue weighted by molar-refractivity contribution is 0.547. The lowest BCUT2D eigenvalue weighted by atomic mass is 10.1. The Morgan fingerprint density at radius 1 is 1.47 bits per heavy atom. The molecule has 0 aliphatic carbocycles. The van der Waals surface area contributed by atoms with Crippen molar-refractivity contribution in [2.45, 2.75) is 32.7 Å². The fraction of sp³-hybridized carbons (Fsp3) is 0.500. The molecule has 84 valence electrons. The van der Waals surface area contributed by atoms with E-state index in [0.717, 1.165) is 18.5 Å². The van der Waals surface area contributed by atoms with Crippen LogP contribution < -0.4 is 5.32 Å². The van der Waals surface area contributed by atoms with E-state index in [0.29, 0.717) is 4.47 Å². The fourth-order valence-electron chi connectivity index (χ4n) is 1.39. The first-order valence-corrected chi connectivity index (χ1v) is 6.12. The second kappa shape index (κ2) is 6.23. The SMILES string of the molecule is CCCCNC(C)c1ccc(Br)c(F)c1. The molecule has 0 aliphatic heterocycles. The Morgan fingerprint density at radius 3 is 2.80 bits per heavy atom. The molecule has 1 aromatic carbocycles. The number of rotatable bonds is 5. The third-order valence-electron chi connectivity index (χ3n) is 2.42. The molecular weight excluding hydrogens is 257 g/mol. The lowest BCUT2D eigenvalue weighted by Gasteiger charge is -2.14. The van der Waals surface area contributed by atoms with Gasteiger partial charge in [-0.3, -0.25) is 0 Å². The molecule has 0 saturated carbocycles. The first-order valence-electron chi connectivity index (χ1n) is 5.33. The van der Waals surface area contributed by atoms with Gasteiger partial charge in [0.05, 0.1) is 4.47 Å². The Labute approximate surface area is 99.2 Å². The van der Waals surface area contributed by atoms with Crippen LogP contribution in [0.1, 0.15) is 38.3 Å². The number of halogens is 2. The van der Waals surface area contributed by atoms with E-state index >= 15 is 0 Å². The molecule has 1 aromatic rings. The van der Waals surface area contributed by atoms with Crippen molar-refractivity contribution in [1.82, 2.24) is 5.32 Å². The Morgan fingerprint density at radius 2 is 2.20 bits per heavy atom. The predicted octanol–water partition coefficient (Wildman–Crippen LogP) is 4.04. The van der Waals surface area contributed by atoms with Gasteiger partial charge in [0.15, 0.2) is 0 Å². The molecule has 1 rings (SSSR count). The maximum Gasteiger partial charge on any atom is 0.137 e. The molecule has 1 nitrogen and oxygen atoms in total. The first-order chi connectivity index (χ1) is 7.15. The van der Waals surface area contributed by atoms with Crippen LogP contribution in [0.25, 0.3) is 0 Å². The summed E-state index contributed by atoms with van der Waals surface area (Å²) < 4.78 is 13.8. The topological polar surface area (TPSA) is 12.0 Å². The first kappa shape index (κ1) is 12.7. The minimum absolute atomic E-state index is 0.198. The van der Waals surface area contributed by atoms with Gasteiger partial charge in [-0.05, 0) is 53.5 Å². The fourth-order valence-corrected chi connectivity index (χ4v) is 1.64. The van der Waals surface area contributed by atoms with Crippen molar-refractivity contribution >= 4 is 15.9 Å². The summed E-state index contributed by atoms with van der Waals surface area (Å²) >= 11 is 3.15. The summed E-state index contributed by atoms with van der Waals surface area (Å²) in [6.45, 7) is 5.19. The van der Waals surface area contributed by atoms with Crippen molar-refractivity contribution in [3.8, 4) is 0 Å². The highest BCUT2D eigenvalue weighted by Gasteiger charge is 2.06. The average molecular weight is 274 g/mol. The molecule has 0 radical (unpaired) electrons. The summed E-state index contributed by atoms with van der Waals surface area (Å²) in [5.41, 5.74) is 0.992. The summed E-state index contributed by atoms with van der Waals surface area (Å²) in [4.78, 5) is 0. The van der Waals surface area contributed by atoms with Crippen LogP contribution in [-0.2, 0) is 0 Å². The van der Waals surface area contributed by atoms with Gasteiger partial charge in [0.2, 0.25) is 0 Å². The highest BCUT2D eigenvalue weighted by Crippen LogP contribution is 2.20. The average Bonchev–Trinajstić information content (AvgIpc) is 2.22. The van der Waals surface area contributed by atoms with Crippen LogP contribution in [0.5, 0.6) is 0 Å². The lowest BCUT2D eigenvalue weighted by Crippen LogP contribution is -2.19. The Balaban J connectivity index is 2.57. The van der Waals surface area contributed by atoms with Gasteiger partial charge >= 0.3 is 0 Å². The highest BCUT2D eigenvalue weighted by molar-refractivity contribution is 9.10. The second-order valence-electron chi connectivity index (χ2n) is 3.70. The third kappa shape index (κ3) is 3.92. The zero-order valence-corrected chi connectivity index (χ0v) is 10.8. The van der Waals surface area contributed by atoms with E-state index in [4.69, 9.17) is 0 Å². The van der Waals surface area contributed by atoms with E-state index in [9.17, 15) is 4.39 Å². The predicted molar refractivity (Wildman–Crippen MR) is 65.4 cm³/mol. The summed E-state index contributed by atoms with van der Waals surface area (Å²) in [6.07, 6.45) is 2.33. The molecule has 0 bridgehead atoms. The van der Waals surface area contributed by atoms with Gasteiger partial charge in [-0.2, -0.15) is 0 Å². The molecule has 3 heteroatoms. The smallest absolute Gasteiger partial charge is 0.137 e. The monoisotopic (exact) mass is 273 g/mol. The second-order valence-corrected chi connectivity index (χ2v) is 4.56. The largest absolute Gasteiger partial charge is 0.310 e. The normalized spacial score (nSPS) is 12.8. The van der Waals surface area contributed by atoms with Crippen molar-refractivity contribution in [2.75, 3.05) is 6.54 Å². The molecule has 0 amide bonds. The Kier molecular flexibility index (Phi) is 5.26. The number of unbranched alkanes of at least 4 members (excludes halogenated alkanes) is 1. The molecule has 0 fully saturated rings.